The first-order chi connectivity index (χ1) is 11.1. The number of phenolic OH excluding ortho intramolecular Hbond substituents is 1. The summed E-state index contributed by atoms with van der Waals surface area (Å²) in [6, 6.07) is 0. The fourth-order valence-electron chi connectivity index (χ4n) is 2.94. The number of phenols is 1. The van der Waals surface area contributed by atoms with Crippen molar-refractivity contribution in [2.75, 3.05) is 7.11 Å². The highest BCUT2D eigenvalue weighted by Gasteiger charge is 2.40. The van der Waals surface area contributed by atoms with Crippen LogP contribution in [0, 0.1) is 0 Å². The molecular formula is C19H26O5. The average molecular weight is 334 g/mol. The Morgan fingerprint density at radius 2 is 2.00 bits per heavy atom. The predicted molar refractivity (Wildman–Crippen MR) is 92.2 cm³/mol. The first-order valence-corrected chi connectivity index (χ1v) is 8.05. The third-order valence-corrected chi connectivity index (χ3v) is 4.28. The van der Waals surface area contributed by atoms with Crippen LogP contribution in [0.2, 0.25) is 0 Å². The highest BCUT2D eigenvalue weighted by molar-refractivity contribution is 6.01. The lowest BCUT2D eigenvalue weighted by Crippen LogP contribution is -2.39. The van der Waals surface area contributed by atoms with Gasteiger partial charge in [0.15, 0.2) is 5.78 Å². The molecule has 0 aliphatic carbocycles. The van der Waals surface area contributed by atoms with Crippen molar-refractivity contribution >= 4 is 5.78 Å². The summed E-state index contributed by atoms with van der Waals surface area (Å²) in [6.45, 7) is 8.70. The number of fused-ring (bicyclic) bond motifs is 1. The van der Waals surface area contributed by atoms with Crippen LogP contribution in [0.5, 0.6) is 17.2 Å². The van der Waals surface area contributed by atoms with E-state index in [1.54, 1.807) is 13.8 Å². The van der Waals surface area contributed by atoms with E-state index in [-0.39, 0.29) is 17.1 Å². The average Bonchev–Trinajstić information content (AvgIpc) is 2.90. The van der Waals surface area contributed by atoms with Crippen LogP contribution < -0.4 is 9.47 Å². The van der Waals surface area contributed by atoms with Gasteiger partial charge >= 0.3 is 0 Å². The van der Waals surface area contributed by atoms with Crippen molar-refractivity contribution in [1.29, 1.82) is 0 Å². The third-order valence-electron chi connectivity index (χ3n) is 4.28. The minimum absolute atomic E-state index is 0.109. The Morgan fingerprint density at radius 3 is 2.46 bits per heavy atom. The fourth-order valence-corrected chi connectivity index (χ4v) is 2.94. The number of allylic oxidation sites excluding steroid dienone is 2. The van der Waals surface area contributed by atoms with Gasteiger partial charge in [-0.05, 0) is 41.0 Å². The Hall–Kier alpha value is -2.01. The maximum Gasteiger partial charge on any atom is 0.167 e. The zero-order valence-electron chi connectivity index (χ0n) is 15.2. The van der Waals surface area contributed by atoms with Gasteiger partial charge in [-0.25, -0.2) is 0 Å². The van der Waals surface area contributed by atoms with Gasteiger partial charge in [-0.3, -0.25) is 4.79 Å². The number of Topliss-reactive ketones (excluding diaryl/α,β-unsaturated/α-hetero) is 1. The van der Waals surface area contributed by atoms with Crippen molar-refractivity contribution in [3.63, 3.8) is 0 Å². The number of methoxy groups -OCH3 is 1. The van der Waals surface area contributed by atoms with E-state index < -0.39 is 11.7 Å². The van der Waals surface area contributed by atoms with Crippen molar-refractivity contribution in [3.05, 3.63) is 28.3 Å². The van der Waals surface area contributed by atoms with Gasteiger partial charge in [-0.1, -0.05) is 11.6 Å². The minimum atomic E-state index is -1.07. The number of ketones is 1. The Bertz CT molecular complexity index is 691. The van der Waals surface area contributed by atoms with Crippen LogP contribution in [0.1, 0.15) is 56.1 Å². The number of rotatable bonds is 5. The Balaban J connectivity index is 2.70. The number of carbonyl (C=O) groups excluding carboxylic acids is 1. The van der Waals surface area contributed by atoms with Gasteiger partial charge in [0.2, 0.25) is 0 Å². The standard InChI is InChI=1S/C19H26O5/c1-10(2)7-8-12-17-13(9-14(24-17)19(4,5)22)16(21)15(11(3)20)18(12)23-6/h7,14,21-22H,8-9H2,1-6H3. The molecule has 1 aromatic rings. The van der Waals surface area contributed by atoms with E-state index in [0.717, 1.165) is 11.1 Å². The lowest BCUT2D eigenvalue weighted by atomic mass is 9.92. The molecule has 1 aliphatic rings. The van der Waals surface area contributed by atoms with E-state index in [9.17, 15) is 15.0 Å². The molecule has 1 aromatic carbocycles. The summed E-state index contributed by atoms with van der Waals surface area (Å²) in [5, 5.41) is 20.9. The highest BCUT2D eigenvalue weighted by Crippen LogP contribution is 2.48. The van der Waals surface area contributed by atoms with Crippen LogP contribution in [0.3, 0.4) is 0 Å². The van der Waals surface area contributed by atoms with Gasteiger partial charge in [-0.2, -0.15) is 0 Å². The van der Waals surface area contributed by atoms with Crippen LogP contribution in [-0.2, 0) is 12.8 Å². The summed E-state index contributed by atoms with van der Waals surface area (Å²) in [5.41, 5.74) is 1.52. The van der Waals surface area contributed by atoms with Crippen LogP contribution in [0.4, 0.5) is 0 Å². The summed E-state index contributed by atoms with van der Waals surface area (Å²) in [4.78, 5) is 12.1. The van der Waals surface area contributed by atoms with Gasteiger partial charge in [0.1, 0.15) is 28.9 Å². The van der Waals surface area contributed by atoms with Crippen molar-refractivity contribution in [2.45, 2.75) is 59.2 Å². The van der Waals surface area contributed by atoms with Crippen LogP contribution >= 0.6 is 0 Å². The van der Waals surface area contributed by atoms with Gasteiger partial charge in [-0.15, -0.1) is 0 Å². The van der Waals surface area contributed by atoms with E-state index in [0.29, 0.717) is 29.9 Å². The maximum absolute atomic E-state index is 12.1. The van der Waals surface area contributed by atoms with Crippen LogP contribution in [-0.4, -0.2) is 34.8 Å². The molecule has 1 heterocycles. The SMILES string of the molecule is COc1c(CC=C(C)C)c2c(c(O)c1C(C)=O)CC(C(C)(C)O)O2. The predicted octanol–water partition coefficient (Wildman–Crippen LogP) is 3.19. The van der Waals surface area contributed by atoms with Crippen LogP contribution in [0.15, 0.2) is 11.6 Å². The molecule has 24 heavy (non-hydrogen) atoms. The smallest absolute Gasteiger partial charge is 0.167 e. The molecule has 0 fully saturated rings. The van der Waals surface area contributed by atoms with Crippen molar-refractivity contribution in [1.82, 2.24) is 0 Å². The lowest BCUT2D eigenvalue weighted by molar-refractivity contribution is -0.0232. The Labute approximate surface area is 142 Å². The second-order valence-electron chi connectivity index (χ2n) is 7.05. The highest BCUT2D eigenvalue weighted by atomic mass is 16.5. The zero-order chi connectivity index (χ0) is 18.2. The van der Waals surface area contributed by atoms with E-state index in [4.69, 9.17) is 9.47 Å². The number of benzene rings is 1. The number of hydrogen-bond donors (Lipinski definition) is 2. The molecule has 0 bridgehead atoms. The van der Waals surface area contributed by atoms with Crippen molar-refractivity contribution in [3.8, 4) is 17.2 Å². The summed E-state index contributed by atoms with van der Waals surface area (Å²) >= 11 is 0. The van der Waals surface area contributed by atoms with E-state index in [1.165, 1.54) is 14.0 Å². The minimum Gasteiger partial charge on any atom is -0.507 e. The van der Waals surface area contributed by atoms with E-state index in [1.807, 2.05) is 19.9 Å². The third kappa shape index (κ3) is 3.26. The molecule has 1 unspecified atom stereocenters. The molecule has 5 nitrogen and oxygen atoms in total. The normalized spacial score (nSPS) is 16.4. The Morgan fingerprint density at radius 1 is 1.38 bits per heavy atom. The number of aromatic hydroxyl groups is 1. The summed E-state index contributed by atoms with van der Waals surface area (Å²) in [5.74, 6) is 0.478. The summed E-state index contributed by atoms with van der Waals surface area (Å²) in [7, 11) is 1.47. The molecule has 0 aromatic heterocycles. The topological polar surface area (TPSA) is 76.0 Å². The molecule has 5 heteroatoms. The molecule has 132 valence electrons. The second kappa shape index (κ2) is 6.48. The molecule has 0 radical (unpaired) electrons. The largest absolute Gasteiger partial charge is 0.507 e. The second-order valence-corrected chi connectivity index (χ2v) is 7.05. The monoisotopic (exact) mass is 334 g/mol. The number of carbonyl (C=O) groups is 1. The van der Waals surface area contributed by atoms with Crippen molar-refractivity contribution in [2.24, 2.45) is 0 Å². The van der Waals surface area contributed by atoms with Crippen LogP contribution in [0.25, 0.3) is 0 Å². The number of aliphatic hydroxyl groups is 1. The van der Waals surface area contributed by atoms with Gasteiger partial charge in [0.25, 0.3) is 0 Å². The van der Waals surface area contributed by atoms with E-state index in [2.05, 4.69) is 0 Å². The molecule has 2 N–H and O–H groups in total. The molecule has 0 amide bonds. The summed E-state index contributed by atoms with van der Waals surface area (Å²) < 4.78 is 11.4. The molecule has 0 saturated heterocycles. The molecule has 2 rings (SSSR count). The fraction of sp³-hybridized carbons (Fsp3) is 0.526. The molecule has 1 aliphatic heterocycles. The molecule has 0 saturated carbocycles. The zero-order valence-corrected chi connectivity index (χ0v) is 15.2. The molecular weight excluding hydrogens is 308 g/mol. The maximum atomic E-state index is 12.1. The van der Waals surface area contributed by atoms with E-state index >= 15 is 0 Å². The van der Waals surface area contributed by atoms with Gasteiger partial charge in [0, 0.05) is 17.5 Å². The number of hydrogen-bond acceptors (Lipinski definition) is 5. The lowest BCUT2D eigenvalue weighted by Gasteiger charge is -2.25. The first-order valence-electron chi connectivity index (χ1n) is 8.05. The first kappa shape index (κ1) is 18.3. The Kier molecular flexibility index (Phi) is 4.95. The van der Waals surface area contributed by atoms with Gasteiger partial charge < -0.3 is 19.7 Å². The van der Waals surface area contributed by atoms with Gasteiger partial charge in [0.05, 0.1) is 12.7 Å². The summed E-state index contributed by atoms with van der Waals surface area (Å²) in [6.07, 6.45) is 2.39. The number of ether oxygens (including phenoxy) is 2. The molecule has 0 spiro atoms. The van der Waals surface area contributed by atoms with Crippen molar-refractivity contribution < 1.29 is 24.5 Å². The molecule has 1 atom stereocenters. The quantitative estimate of drug-likeness (QED) is 0.639.